The van der Waals surface area contributed by atoms with Gasteiger partial charge in [0.1, 0.15) is 11.1 Å². The molecular weight excluding hydrogens is 398 g/mol. The van der Waals surface area contributed by atoms with Crippen LogP contribution in [0.15, 0.2) is 69.9 Å². The number of amides is 1. The molecule has 4 rings (SSSR count). The van der Waals surface area contributed by atoms with Crippen molar-refractivity contribution in [3.63, 3.8) is 0 Å². The van der Waals surface area contributed by atoms with Gasteiger partial charge >= 0.3 is 5.63 Å². The van der Waals surface area contributed by atoms with Crippen molar-refractivity contribution >= 4 is 28.6 Å². The molecule has 0 spiro atoms. The number of rotatable bonds is 5. The van der Waals surface area contributed by atoms with Crippen LogP contribution in [0.2, 0.25) is 0 Å². The summed E-state index contributed by atoms with van der Waals surface area (Å²) in [7, 11) is 0. The van der Waals surface area contributed by atoms with Crippen LogP contribution < -0.4 is 5.63 Å². The van der Waals surface area contributed by atoms with Crippen LogP contribution in [0.25, 0.3) is 17.0 Å². The minimum absolute atomic E-state index is 0.106. The maximum absolute atomic E-state index is 12.9. The SMILES string of the molecule is O=C(c1cc2cc([N+](=O)[O-])ccc2oc1=O)N1CCN(C/C=C/c2ccccc2)CC1. The average molecular weight is 419 g/mol. The number of non-ortho nitro benzene ring substituents is 1. The van der Waals surface area contributed by atoms with E-state index in [9.17, 15) is 19.7 Å². The van der Waals surface area contributed by atoms with Crippen LogP contribution in [0.3, 0.4) is 0 Å². The molecule has 158 valence electrons. The summed E-state index contributed by atoms with van der Waals surface area (Å²) >= 11 is 0. The number of nitro groups is 1. The highest BCUT2D eigenvalue weighted by molar-refractivity contribution is 5.97. The Morgan fingerprint density at radius 2 is 1.81 bits per heavy atom. The molecule has 2 heterocycles. The number of fused-ring (bicyclic) bond motifs is 1. The highest BCUT2D eigenvalue weighted by atomic mass is 16.6. The highest BCUT2D eigenvalue weighted by Gasteiger charge is 2.25. The van der Waals surface area contributed by atoms with E-state index in [-0.39, 0.29) is 16.8 Å². The summed E-state index contributed by atoms with van der Waals surface area (Å²) in [6.45, 7) is 3.14. The van der Waals surface area contributed by atoms with Crippen LogP contribution in [0.1, 0.15) is 15.9 Å². The molecule has 0 unspecified atom stereocenters. The molecule has 1 aromatic heterocycles. The second-order valence-electron chi connectivity index (χ2n) is 7.33. The molecule has 2 aromatic carbocycles. The average Bonchev–Trinajstić information content (AvgIpc) is 2.79. The number of nitro benzene ring substituents is 1. The van der Waals surface area contributed by atoms with Gasteiger partial charge in [-0.15, -0.1) is 0 Å². The van der Waals surface area contributed by atoms with Crippen molar-refractivity contribution in [2.45, 2.75) is 0 Å². The first-order valence-electron chi connectivity index (χ1n) is 9.97. The summed E-state index contributed by atoms with van der Waals surface area (Å²) in [4.78, 5) is 39.5. The third-order valence-corrected chi connectivity index (χ3v) is 5.29. The Hall–Kier alpha value is -3.78. The Morgan fingerprint density at radius 3 is 2.52 bits per heavy atom. The van der Waals surface area contributed by atoms with Gasteiger partial charge in [-0.1, -0.05) is 42.5 Å². The first-order chi connectivity index (χ1) is 15.0. The molecule has 0 atom stereocenters. The van der Waals surface area contributed by atoms with E-state index in [1.807, 2.05) is 30.3 Å². The molecule has 3 aromatic rings. The van der Waals surface area contributed by atoms with Gasteiger partial charge in [-0.05, 0) is 17.7 Å². The van der Waals surface area contributed by atoms with Crippen molar-refractivity contribution in [2.24, 2.45) is 0 Å². The van der Waals surface area contributed by atoms with E-state index >= 15 is 0 Å². The number of carbonyl (C=O) groups is 1. The largest absolute Gasteiger partial charge is 0.422 e. The number of benzene rings is 2. The van der Waals surface area contributed by atoms with E-state index in [1.165, 1.54) is 24.3 Å². The van der Waals surface area contributed by atoms with Gasteiger partial charge in [0, 0.05) is 50.2 Å². The van der Waals surface area contributed by atoms with E-state index in [0.29, 0.717) is 31.6 Å². The lowest BCUT2D eigenvalue weighted by Crippen LogP contribution is -2.49. The minimum atomic E-state index is -0.737. The smallest absolute Gasteiger partial charge is 0.349 e. The van der Waals surface area contributed by atoms with Crippen LogP contribution >= 0.6 is 0 Å². The van der Waals surface area contributed by atoms with Gasteiger partial charge in [0.05, 0.1) is 4.92 Å². The van der Waals surface area contributed by atoms with Crippen molar-refractivity contribution in [1.82, 2.24) is 9.80 Å². The lowest BCUT2D eigenvalue weighted by Gasteiger charge is -2.34. The van der Waals surface area contributed by atoms with Crippen LogP contribution in [0.4, 0.5) is 5.69 Å². The standard InChI is InChI=1S/C23H21N3O5/c27-22(20-16-18-15-19(26(29)30)8-9-21(18)31-23(20)28)25-13-11-24(12-14-25)10-4-7-17-5-2-1-3-6-17/h1-9,15-16H,10-14H2/b7-4+. The van der Waals surface area contributed by atoms with E-state index in [0.717, 1.165) is 12.1 Å². The van der Waals surface area contributed by atoms with Gasteiger partial charge in [0.25, 0.3) is 11.6 Å². The quantitative estimate of drug-likeness (QED) is 0.358. The topological polar surface area (TPSA) is 96.9 Å². The summed E-state index contributed by atoms with van der Waals surface area (Å²) in [5.41, 5.74) is 0.378. The molecule has 0 bridgehead atoms. The Labute approximate surface area is 178 Å². The molecule has 0 radical (unpaired) electrons. The van der Waals surface area contributed by atoms with Crippen LogP contribution in [0, 0.1) is 10.1 Å². The molecule has 1 amide bonds. The van der Waals surface area contributed by atoms with Gasteiger partial charge in [0.2, 0.25) is 0 Å². The fourth-order valence-electron chi connectivity index (χ4n) is 3.58. The molecule has 8 nitrogen and oxygen atoms in total. The van der Waals surface area contributed by atoms with Crippen LogP contribution in [0.5, 0.6) is 0 Å². The Bertz CT molecular complexity index is 1190. The monoisotopic (exact) mass is 419 g/mol. The molecule has 1 aliphatic rings. The number of hydrogen-bond donors (Lipinski definition) is 0. The molecular formula is C23H21N3O5. The zero-order valence-electron chi connectivity index (χ0n) is 16.8. The lowest BCUT2D eigenvalue weighted by molar-refractivity contribution is -0.384. The number of nitrogens with zero attached hydrogens (tertiary/aromatic N) is 3. The van der Waals surface area contributed by atoms with E-state index < -0.39 is 16.5 Å². The second kappa shape index (κ2) is 8.93. The van der Waals surface area contributed by atoms with E-state index in [2.05, 4.69) is 17.1 Å². The third-order valence-electron chi connectivity index (χ3n) is 5.29. The fraction of sp³-hybridized carbons (Fsp3) is 0.217. The fourth-order valence-corrected chi connectivity index (χ4v) is 3.58. The number of piperazine rings is 1. The van der Waals surface area contributed by atoms with Crippen LogP contribution in [-0.2, 0) is 0 Å². The Kier molecular flexibility index (Phi) is 5.90. The predicted octanol–water partition coefficient (Wildman–Crippen LogP) is 3.17. The summed E-state index contributed by atoms with van der Waals surface area (Å²) in [6.07, 6.45) is 4.16. The summed E-state index contributed by atoms with van der Waals surface area (Å²) in [5, 5.41) is 11.3. The van der Waals surface area contributed by atoms with Gasteiger partial charge in [-0.3, -0.25) is 19.8 Å². The Balaban J connectivity index is 1.41. The van der Waals surface area contributed by atoms with Crippen molar-refractivity contribution in [3.8, 4) is 0 Å². The maximum Gasteiger partial charge on any atom is 0.349 e. The normalized spacial score (nSPS) is 14.9. The predicted molar refractivity (Wildman–Crippen MR) is 117 cm³/mol. The summed E-state index contributed by atoms with van der Waals surface area (Å²) in [5.74, 6) is -0.415. The molecule has 0 aliphatic carbocycles. The maximum atomic E-state index is 12.9. The zero-order valence-corrected chi connectivity index (χ0v) is 16.8. The van der Waals surface area contributed by atoms with Crippen LogP contribution in [-0.4, -0.2) is 53.4 Å². The molecule has 0 N–H and O–H groups in total. The van der Waals surface area contributed by atoms with E-state index in [1.54, 1.807) is 4.90 Å². The van der Waals surface area contributed by atoms with Crippen molar-refractivity contribution < 1.29 is 14.1 Å². The Morgan fingerprint density at radius 1 is 1.06 bits per heavy atom. The number of carbonyl (C=O) groups excluding carboxylic acids is 1. The van der Waals surface area contributed by atoms with Gasteiger partial charge in [-0.2, -0.15) is 0 Å². The number of hydrogen-bond acceptors (Lipinski definition) is 6. The lowest BCUT2D eigenvalue weighted by atomic mass is 10.1. The molecule has 8 heteroatoms. The molecule has 0 saturated carbocycles. The van der Waals surface area contributed by atoms with Crippen molar-refractivity contribution in [1.29, 1.82) is 0 Å². The highest BCUT2D eigenvalue weighted by Crippen LogP contribution is 2.21. The minimum Gasteiger partial charge on any atom is -0.422 e. The second-order valence-corrected chi connectivity index (χ2v) is 7.33. The van der Waals surface area contributed by atoms with Gasteiger partial charge in [0.15, 0.2) is 0 Å². The van der Waals surface area contributed by atoms with E-state index in [4.69, 9.17) is 4.42 Å². The van der Waals surface area contributed by atoms with Crippen molar-refractivity contribution in [2.75, 3.05) is 32.7 Å². The zero-order chi connectivity index (χ0) is 21.8. The first kappa shape index (κ1) is 20.5. The molecule has 1 fully saturated rings. The molecule has 1 saturated heterocycles. The first-order valence-corrected chi connectivity index (χ1v) is 9.97. The van der Waals surface area contributed by atoms with Crippen molar-refractivity contribution in [3.05, 3.63) is 92.3 Å². The third kappa shape index (κ3) is 4.70. The molecule has 31 heavy (non-hydrogen) atoms. The summed E-state index contributed by atoms with van der Waals surface area (Å²) in [6, 6.07) is 15.3. The summed E-state index contributed by atoms with van der Waals surface area (Å²) < 4.78 is 5.21. The van der Waals surface area contributed by atoms with Gasteiger partial charge < -0.3 is 9.32 Å². The molecule has 1 aliphatic heterocycles. The van der Waals surface area contributed by atoms with Gasteiger partial charge in [-0.25, -0.2) is 4.79 Å².